The van der Waals surface area contributed by atoms with E-state index in [1.54, 1.807) is 18.7 Å². The number of nitrogens with zero attached hydrogens (tertiary/aromatic N) is 1. The lowest BCUT2D eigenvalue weighted by molar-refractivity contribution is -0.135. The Morgan fingerprint density at radius 3 is 2.60 bits per heavy atom. The van der Waals surface area contributed by atoms with Crippen molar-refractivity contribution in [3.63, 3.8) is 0 Å². The first kappa shape index (κ1) is 14.3. The van der Waals surface area contributed by atoms with Gasteiger partial charge in [-0.2, -0.15) is 0 Å². The number of hydrogen-bond donors (Lipinski definition) is 2. The van der Waals surface area contributed by atoms with E-state index >= 15 is 0 Å². The molecule has 0 aromatic heterocycles. The largest absolute Gasteiger partial charge is 0.478 e. The Morgan fingerprint density at radius 2 is 2.05 bits per heavy atom. The van der Waals surface area contributed by atoms with Crippen LogP contribution in [0, 0.1) is 0 Å². The van der Waals surface area contributed by atoms with E-state index in [9.17, 15) is 14.4 Å². The van der Waals surface area contributed by atoms with Crippen LogP contribution in [0.2, 0.25) is 5.02 Å². The van der Waals surface area contributed by atoms with Crippen LogP contribution in [-0.2, 0) is 9.59 Å². The highest BCUT2D eigenvalue weighted by atomic mass is 35.5. The number of carboxylic acid groups (broad SMARTS) is 1. The van der Waals surface area contributed by atoms with Crippen molar-refractivity contribution < 1.29 is 19.5 Å². The second-order valence-electron chi connectivity index (χ2n) is 4.99. The summed E-state index contributed by atoms with van der Waals surface area (Å²) in [6.45, 7) is 3.30. The van der Waals surface area contributed by atoms with Gasteiger partial charge >= 0.3 is 5.97 Å². The Hall–Kier alpha value is -2.08. The molecule has 1 aliphatic rings. The molecule has 0 radical (unpaired) electrons. The van der Waals surface area contributed by atoms with E-state index in [4.69, 9.17) is 16.7 Å². The molecular weight excluding hydrogens is 284 g/mol. The number of aromatic carboxylic acids is 1. The zero-order valence-electron chi connectivity index (χ0n) is 10.9. The first-order valence-corrected chi connectivity index (χ1v) is 6.26. The van der Waals surface area contributed by atoms with Gasteiger partial charge in [-0.3, -0.25) is 14.9 Å². The van der Waals surface area contributed by atoms with Crippen molar-refractivity contribution in [1.82, 2.24) is 5.32 Å². The minimum absolute atomic E-state index is 0.0229. The van der Waals surface area contributed by atoms with Crippen molar-refractivity contribution in [2.75, 3.05) is 11.4 Å². The van der Waals surface area contributed by atoms with Gasteiger partial charge in [-0.1, -0.05) is 11.6 Å². The summed E-state index contributed by atoms with van der Waals surface area (Å²) >= 11 is 6.08. The SMILES string of the molecule is CC1(C)C(=O)NC(=O)CN1c1ccc(C(=O)O)cc1Cl. The topological polar surface area (TPSA) is 86.7 Å². The van der Waals surface area contributed by atoms with Crippen LogP contribution in [0.1, 0.15) is 24.2 Å². The molecule has 0 saturated carbocycles. The molecular formula is C13H13ClN2O4. The first-order valence-electron chi connectivity index (χ1n) is 5.88. The van der Waals surface area contributed by atoms with Crippen LogP contribution in [0.5, 0.6) is 0 Å². The zero-order valence-corrected chi connectivity index (χ0v) is 11.7. The molecule has 0 unspecified atom stereocenters. The summed E-state index contributed by atoms with van der Waals surface area (Å²) in [5.41, 5.74) is -0.461. The normalized spacial score (nSPS) is 17.9. The number of nitrogens with one attached hydrogen (secondary N) is 1. The van der Waals surface area contributed by atoms with E-state index in [1.807, 2.05) is 0 Å². The average Bonchev–Trinajstić information content (AvgIpc) is 2.34. The minimum Gasteiger partial charge on any atom is -0.478 e. The number of benzene rings is 1. The number of anilines is 1. The Bertz CT molecular complexity index is 612. The minimum atomic E-state index is -1.09. The fourth-order valence-corrected chi connectivity index (χ4v) is 2.31. The highest BCUT2D eigenvalue weighted by molar-refractivity contribution is 6.33. The first-order chi connectivity index (χ1) is 9.23. The highest BCUT2D eigenvalue weighted by Crippen LogP contribution is 2.33. The number of amides is 2. The summed E-state index contributed by atoms with van der Waals surface area (Å²) in [7, 11) is 0. The number of carbonyl (C=O) groups excluding carboxylic acids is 2. The third-order valence-electron chi connectivity index (χ3n) is 3.27. The molecule has 1 aliphatic heterocycles. The summed E-state index contributed by atoms with van der Waals surface area (Å²) in [6, 6.07) is 4.18. The number of halogens is 1. The summed E-state index contributed by atoms with van der Waals surface area (Å²) < 4.78 is 0. The molecule has 0 atom stereocenters. The van der Waals surface area contributed by atoms with Gasteiger partial charge in [0.2, 0.25) is 5.91 Å². The van der Waals surface area contributed by atoms with Gasteiger partial charge in [-0.05, 0) is 32.0 Å². The summed E-state index contributed by atoms with van der Waals surface area (Å²) in [5, 5.41) is 11.3. The Labute approximate surface area is 120 Å². The van der Waals surface area contributed by atoms with Gasteiger partial charge in [0.25, 0.3) is 5.91 Å². The van der Waals surface area contributed by atoms with Crippen molar-refractivity contribution >= 4 is 35.1 Å². The quantitative estimate of drug-likeness (QED) is 0.803. The predicted molar refractivity (Wildman–Crippen MR) is 73.0 cm³/mol. The summed E-state index contributed by atoms with van der Waals surface area (Å²) in [6.07, 6.45) is 0. The lowest BCUT2D eigenvalue weighted by Gasteiger charge is -2.42. The number of carbonyl (C=O) groups is 3. The zero-order chi connectivity index (χ0) is 15.1. The smallest absolute Gasteiger partial charge is 0.335 e. The van der Waals surface area contributed by atoms with Crippen molar-refractivity contribution in [1.29, 1.82) is 0 Å². The lowest BCUT2D eigenvalue weighted by Crippen LogP contribution is -2.64. The second-order valence-corrected chi connectivity index (χ2v) is 5.40. The van der Waals surface area contributed by atoms with Crippen molar-refractivity contribution in [3.05, 3.63) is 28.8 Å². The molecule has 1 saturated heterocycles. The van der Waals surface area contributed by atoms with Crippen LogP contribution < -0.4 is 10.2 Å². The fourth-order valence-electron chi connectivity index (χ4n) is 2.03. The number of carboxylic acids is 1. The monoisotopic (exact) mass is 296 g/mol. The molecule has 1 fully saturated rings. The van der Waals surface area contributed by atoms with Crippen molar-refractivity contribution in [2.24, 2.45) is 0 Å². The Kier molecular flexibility index (Phi) is 3.43. The van der Waals surface area contributed by atoms with Gasteiger partial charge in [0, 0.05) is 0 Å². The molecule has 1 heterocycles. The van der Waals surface area contributed by atoms with Gasteiger partial charge in [0.15, 0.2) is 0 Å². The molecule has 0 bridgehead atoms. The molecule has 2 amide bonds. The summed E-state index contributed by atoms with van der Waals surface area (Å²) in [5.74, 6) is -1.94. The van der Waals surface area contributed by atoms with Crippen LogP contribution in [0.25, 0.3) is 0 Å². The van der Waals surface area contributed by atoms with E-state index in [2.05, 4.69) is 5.32 Å². The average molecular weight is 297 g/mol. The number of hydrogen-bond acceptors (Lipinski definition) is 4. The lowest BCUT2D eigenvalue weighted by atomic mass is 9.97. The van der Waals surface area contributed by atoms with E-state index in [0.29, 0.717) is 5.69 Å². The van der Waals surface area contributed by atoms with E-state index in [1.165, 1.54) is 18.2 Å². The molecule has 2 rings (SSSR count). The maximum atomic E-state index is 11.9. The van der Waals surface area contributed by atoms with Crippen molar-refractivity contribution in [3.8, 4) is 0 Å². The summed E-state index contributed by atoms with van der Waals surface area (Å²) in [4.78, 5) is 35.8. The van der Waals surface area contributed by atoms with Crippen LogP contribution in [0.15, 0.2) is 18.2 Å². The van der Waals surface area contributed by atoms with Crippen LogP contribution >= 0.6 is 11.6 Å². The second kappa shape index (κ2) is 4.79. The van der Waals surface area contributed by atoms with Crippen LogP contribution in [0.3, 0.4) is 0 Å². The molecule has 1 aromatic rings. The van der Waals surface area contributed by atoms with Crippen molar-refractivity contribution in [2.45, 2.75) is 19.4 Å². The Balaban J connectivity index is 2.46. The van der Waals surface area contributed by atoms with E-state index in [0.717, 1.165) is 0 Å². The number of imide groups is 1. The standard InChI is InChI=1S/C13H13ClN2O4/c1-13(2)12(20)15-10(17)6-16(13)9-4-3-7(11(18)19)5-8(9)14/h3-5H,6H2,1-2H3,(H,18,19)(H,15,17,20). The number of piperazine rings is 1. The van der Waals surface area contributed by atoms with Gasteiger partial charge in [-0.25, -0.2) is 4.79 Å². The molecule has 106 valence electrons. The predicted octanol–water partition coefficient (Wildman–Crippen LogP) is 1.28. The molecule has 2 N–H and O–H groups in total. The van der Waals surface area contributed by atoms with Gasteiger partial charge in [0.05, 0.1) is 22.8 Å². The third-order valence-corrected chi connectivity index (χ3v) is 3.57. The van der Waals surface area contributed by atoms with Crippen LogP contribution in [0.4, 0.5) is 5.69 Å². The highest BCUT2D eigenvalue weighted by Gasteiger charge is 2.41. The molecule has 7 heteroatoms. The van der Waals surface area contributed by atoms with Gasteiger partial charge in [0.1, 0.15) is 5.54 Å². The molecule has 6 nitrogen and oxygen atoms in total. The molecule has 20 heavy (non-hydrogen) atoms. The maximum Gasteiger partial charge on any atom is 0.335 e. The molecule has 1 aromatic carbocycles. The fraction of sp³-hybridized carbons (Fsp3) is 0.308. The van der Waals surface area contributed by atoms with Gasteiger partial charge < -0.3 is 10.0 Å². The van der Waals surface area contributed by atoms with Crippen LogP contribution in [-0.4, -0.2) is 35.0 Å². The number of rotatable bonds is 2. The van der Waals surface area contributed by atoms with Gasteiger partial charge in [-0.15, -0.1) is 0 Å². The maximum absolute atomic E-state index is 11.9. The van der Waals surface area contributed by atoms with E-state index in [-0.39, 0.29) is 17.1 Å². The molecule has 0 spiro atoms. The third kappa shape index (κ3) is 2.34. The van der Waals surface area contributed by atoms with E-state index < -0.39 is 23.3 Å². The Morgan fingerprint density at radius 1 is 1.40 bits per heavy atom. The molecule has 0 aliphatic carbocycles.